The quantitative estimate of drug-likeness (QED) is 0.264. The molecular formula is C35H44O3. The highest BCUT2D eigenvalue weighted by Gasteiger charge is 2.47. The third-order valence-corrected chi connectivity index (χ3v) is 10.1. The minimum atomic E-state index is -0.120. The maximum atomic E-state index is 10.0. The Labute approximate surface area is 228 Å². The van der Waals surface area contributed by atoms with Gasteiger partial charge in [-0.25, -0.2) is 0 Å². The molecule has 3 N–H and O–H groups in total. The molecule has 202 valence electrons. The summed E-state index contributed by atoms with van der Waals surface area (Å²) in [6.45, 7) is 2.29. The third kappa shape index (κ3) is 5.30. The van der Waals surface area contributed by atoms with Crippen LogP contribution in [0, 0.1) is 11.8 Å². The van der Waals surface area contributed by atoms with Crippen LogP contribution in [0.2, 0.25) is 0 Å². The molecule has 3 heteroatoms. The van der Waals surface area contributed by atoms with Crippen LogP contribution in [0.15, 0.2) is 72.8 Å². The number of phenols is 3. The summed E-state index contributed by atoms with van der Waals surface area (Å²) in [6, 6.07) is 23.7. The minimum Gasteiger partial charge on any atom is -0.508 e. The Morgan fingerprint density at radius 1 is 0.579 bits per heavy atom. The molecule has 0 unspecified atom stereocenters. The molecule has 0 bridgehead atoms. The Morgan fingerprint density at radius 3 is 1.47 bits per heavy atom. The molecule has 3 nitrogen and oxygen atoms in total. The predicted molar refractivity (Wildman–Crippen MR) is 155 cm³/mol. The van der Waals surface area contributed by atoms with Gasteiger partial charge in [0, 0.05) is 5.41 Å². The first-order valence-electron chi connectivity index (χ1n) is 14.8. The van der Waals surface area contributed by atoms with Gasteiger partial charge in [-0.15, -0.1) is 0 Å². The van der Waals surface area contributed by atoms with Gasteiger partial charge in [-0.2, -0.15) is 0 Å². The van der Waals surface area contributed by atoms with Crippen molar-refractivity contribution in [2.24, 2.45) is 11.8 Å². The lowest BCUT2D eigenvalue weighted by Gasteiger charge is -2.51. The molecule has 0 aliphatic heterocycles. The lowest BCUT2D eigenvalue weighted by atomic mass is 9.53. The van der Waals surface area contributed by atoms with E-state index in [-0.39, 0.29) is 10.8 Å². The molecule has 3 aromatic carbocycles. The Balaban J connectivity index is 1.42. The molecule has 0 aromatic heterocycles. The number of aromatic hydroxyl groups is 3. The molecule has 0 amide bonds. The largest absolute Gasteiger partial charge is 0.508 e. The average molecular weight is 513 g/mol. The zero-order valence-electron chi connectivity index (χ0n) is 22.9. The maximum absolute atomic E-state index is 10.0. The fourth-order valence-corrected chi connectivity index (χ4v) is 7.86. The van der Waals surface area contributed by atoms with Crippen molar-refractivity contribution in [2.45, 2.75) is 94.8 Å². The molecule has 2 aliphatic rings. The second-order valence-electron chi connectivity index (χ2n) is 12.1. The number of benzene rings is 3. The first kappa shape index (κ1) is 26.7. The van der Waals surface area contributed by atoms with Gasteiger partial charge in [0.05, 0.1) is 0 Å². The van der Waals surface area contributed by atoms with Gasteiger partial charge in [-0.05, 0) is 122 Å². The van der Waals surface area contributed by atoms with Crippen LogP contribution in [-0.2, 0) is 10.8 Å². The van der Waals surface area contributed by atoms with Crippen LogP contribution in [-0.4, -0.2) is 15.3 Å². The molecule has 0 radical (unpaired) electrons. The highest BCUT2D eigenvalue weighted by molar-refractivity contribution is 5.44. The van der Waals surface area contributed by atoms with Gasteiger partial charge < -0.3 is 15.3 Å². The molecule has 0 spiro atoms. The Hall–Kier alpha value is -2.94. The van der Waals surface area contributed by atoms with Gasteiger partial charge in [-0.3, -0.25) is 0 Å². The summed E-state index contributed by atoms with van der Waals surface area (Å²) in [6.07, 6.45) is 14.8. The fraction of sp³-hybridized carbons (Fsp3) is 0.486. The van der Waals surface area contributed by atoms with E-state index in [1.807, 2.05) is 12.1 Å². The third-order valence-electron chi connectivity index (χ3n) is 10.1. The zero-order valence-corrected chi connectivity index (χ0v) is 22.9. The molecule has 2 aliphatic carbocycles. The molecule has 38 heavy (non-hydrogen) atoms. The Morgan fingerprint density at radius 2 is 1.03 bits per heavy atom. The van der Waals surface area contributed by atoms with Crippen LogP contribution < -0.4 is 0 Å². The standard InChI is InChI=1S/C35H44O3/c1-2-3-4-5-26-18-22-34(23-19-26,27-6-12-31(36)13-7-27)30-20-24-35(25-21-30,28-8-14-32(37)15-9-28)29-10-16-33(38)17-11-29/h6-17,26,30,36-38H,2-5,18-25H2,1H3. The lowest BCUT2D eigenvalue weighted by molar-refractivity contribution is 0.103. The predicted octanol–water partition coefficient (Wildman–Crippen LogP) is 8.99. The number of phenolic OH excluding ortho intramolecular Hbond substituents is 3. The van der Waals surface area contributed by atoms with Crippen molar-refractivity contribution in [2.75, 3.05) is 0 Å². The number of rotatable bonds is 8. The summed E-state index contributed by atoms with van der Waals surface area (Å²) < 4.78 is 0. The summed E-state index contributed by atoms with van der Waals surface area (Å²) in [5, 5.41) is 30.0. The van der Waals surface area contributed by atoms with E-state index in [1.165, 1.54) is 68.1 Å². The van der Waals surface area contributed by atoms with Gasteiger partial charge in [0.25, 0.3) is 0 Å². The van der Waals surface area contributed by atoms with Crippen LogP contribution in [0.3, 0.4) is 0 Å². The van der Waals surface area contributed by atoms with Gasteiger partial charge >= 0.3 is 0 Å². The van der Waals surface area contributed by atoms with Crippen molar-refractivity contribution >= 4 is 0 Å². The molecule has 3 aromatic rings. The molecule has 0 atom stereocenters. The number of unbranched alkanes of at least 4 members (excludes halogenated alkanes) is 2. The fourth-order valence-electron chi connectivity index (χ4n) is 7.86. The van der Waals surface area contributed by atoms with E-state index < -0.39 is 0 Å². The number of hydrogen-bond donors (Lipinski definition) is 3. The van der Waals surface area contributed by atoms with Gasteiger partial charge in [-0.1, -0.05) is 69.0 Å². The summed E-state index contributed by atoms with van der Waals surface area (Å²) in [7, 11) is 0. The molecule has 2 saturated carbocycles. The molecular weight excluding hydrogens is 468 g/mol. The van der Waals surface area contributed by atoms with E-state index in [0.29, 0.717) is 23.2 Å². The minimum absolute atomic E-state index is 0.120. The molecule has 0 saturated heterocycles. The van der Waals surface area contributed by atoms with Crippen molar-refractivity contribution in [3.63, 3.8) is 0 Å². The highest BCUT2D eigenvalue weighted by atomic mass is 16.3. The highest BCUT2D eigenvalue weighted by Crippen LogP contribution is 2.56. The van der Waals surface area contributed by atoms with Gasteiger partial charge in [0.2, 0.25) is 0 Å². The SMILES string of the molecule is CCCCCC1CCC(c2ccc(O)cc2)(C2CCC(c3ccc(O)cc3)(c3ccc(O)cc3)CC2)CC1. The summed E-state index contributed by atoms with van der Waals surface area (Å²) in [5.74, 6) is 2.39. The molecule has 2 fully saturated rings. The van der Waals surface area contributed by atoms with E-state index in [9.17, 15) is 15.3 Å². The van der Waals surface area contributed by atoms with Crippen molar-refractivity contribution < 1.29 is 15.3 Å². The van der Waals surface area contributed by atoms with E-state index >= 15 is 0 Å². The first-order valence-corrected chi connectivity index (χ1v) is 14.8. The van der Waals surface area contributed by atoms with Crippen molar-refractivity contribution in [1.29, 1.82) is 0 Å². The van der Waals surface area contributed by atoms with Crippen LogP contribution in [0.1, 0.15) is 101 Å². The average Bonchev–Trinajstić information content (AvgIpc) is 2.95. The lowest BCUT2D eigenvalue weighted by Crippen LogP contribution is -2.44. The second-order valence-corrected chi connectivity index (χ2v) is 12.1. The topological polar surface area (TPSA) is 60.7 Å². The van der Waals surface area contributed by atoms with Crippen LogP contribution in [0.5, 0.6) is 17.2 Å². The van der Waals surface area contributed by atoms with Crippen molar-refractivity contribution in [3.05, 3.63) is 89.5 Å². The van der Waals surface area contributed by atoms with Crippen molar-refractivity contribution in [3.8, 4) is 17.2 Å². The van der Waals surface area contributed by atoms with E-state index in [1.54, 1.807) is 24.3 Å². The van der Waals surface area contributed by atoms with Crippen LogP contribution in [0.25, 0.3) is 0 Å². The maximum Gasteiger partial charge on any atom is 0.115 e. The van der Waals surface area contributed by atoms with Gasteiger partial charge in [0.15, 0.2) is 0 Å². The Bertz CT molecular complexity index is 1100. The van der Waals surface area contributed by atoms with Crippen molar-refractivity contribution in [1.82, 2.24) is 0 Å². The summed E-state index contributed by atoms with van der Waals surface area (Å²) >= 11 is 0. The van der Waals surface area contributed by atoms with E-state index in [4.69, 9.17) is 0 Å². The smallest absolute Gasteiger partial charge is 0.115 e. The Kier molecular flexibility index (Phi) is 8.02. The monoisotopic (exact) mass is 512 g/mol. The second kappa shape index (κ2) is 11.4. The van der Waals surface area contributed by atoms with E-state index in [2.05, 4.69) is 43.3 Å². The normalized spacial score (nSPS) is 23.8. The number of hydrogen-bond acceptors (Lipinski definition) is 3. The van der Waals surface area contributed by atoms with Gasteiger partial charge in [0.1, 0.15) is 17.2 Å². The van der Waals surface area contributed by atoms with E-state index in [0.717, 1.165) is 31.6 Å². The molecule has 5 rings (SSSR count). The van der Waals surface area contributed by atoms with Crippen LogP contribution in [0.4, 0.5) is 0 Å². The first-order chi connectivity index (χ1) is 18.4. The summed E-state index contributed by atoms with van der Waals surface area (Å²) in [5.41, 5.74) is 3.96. The molecule has 0 heterocycles. The van der Waals surface area contributed by atoms with Crippen LogP contribution >= 0.6 is 0 Å². The summed E-state index contributed by atoms with van der Waals surface area (Å²) in [4.78, 5) is 0. The zero-order chi connectivity index (χ0) is 26.6.